The van der Waals surface area contributed by atoms with Gasteiger partial charge < -0.3 is 0 Å². The number of fused-ring (bicyclic) bond motifs is 2. The average molecular weight is 246 g/mol. The summed E-state index contributed by atoms with van der Waals surface area (Å²) in [5.41, 5.74) is 6.64. The summed E-state index contributed by atoms with van der Waals surface area (Å²) in [6.45, 7) is 0. The van der Waals surface area contributed by atoms with Crippen LogP contribution in [0.3, 0.4) is 0 Å². The third kappa shape index (κ3) is 1.20. The Morgan fingerprint density at radius 3 is 1.69 bits per heavy atom. The summed E-state index contributed by atoms with van der Waals surface area (Å²) in [4.78, 5) is 3.22. The topological polar surface area (TPSA) is 0 Å². The van der Waals surface area contributed by atoms with Crippen molar-refractivity contribution in [3.8, 4) is 9.75 Å². The fraction of sp³-hybridized carbons (Fsp3) is 0.429. The first-order valence-electron chi connectivity index (χ1n) is 6.12. The van der Waals surface area contributed by atoms with E-state index >= 15 is 0 Å². The van der Waals surface area contributed by atoms with Gasteiger partial charge in [-0.2, -0.15) is 0 Å². The zero-order chi connectivity index (χ0) is 10.5. The molecule has 0 aromatic carbocycles. The van der Waals surface area contributed by atoms with E-state index in [2.05, 4.69) is 10.8 Å². The number of thiophene rings is 2. The zero-order valence-corrected chi connectivity index (χ0v) is 10.8. The summed E-state index contributed by atoms with van der Waals surface area (Å²) >= 11 is 3.97. The van der Waals surface area contributed by atoms with Crippen molar-refractivity contribution in [3.63, 3.8) is 0 Å². The van der Waals surface area contributed by atoms with Gasteiger partial charge in [-0.1, -0.05) is 0 Å². The Morgan fingerprint density at radius 2 is 1.19 bits per heavy atom. The second-order valence-electron chi connectivity index (χ2n) is 4.84. The smallest absolute Gasteiger partial charge is 0.0480 e. The molecule has 0 saturated heterocycles. The van der Waals surface area contributed by atoms with Crippen LogP contribution >= 0.6 is 22.7 Å². The molecule has 2 aliphatic carbocycles. The van der Waals surface area contributed by atoms with Crippen LogP contribution in [0.2, 0.25) is 0 Å². The van der Waals surface area contributed by atoms with Crippen LogP contribution in [0, 0.1) is 0 Å². The molecule has 0 N–H and O–H groups in total. The molecule has 2 aromatic heterocycles. The zero-order valence-electron chi connectivity index (χ0n) is 9.21. The second-order valence-corrected chi connectivity index (χ2v) is 6.60. The number of hydrogen-bond donors (Lipinski definition) is 0. The monoisotopic (exact) mass is 246 g/mol. The van der Waals surface area contributed by atoms with E-state index in [-0.39, 0.29) is 0 Å². The highest BCUT2D eigenvalue weighted by atomic mass is 32.1. The van der Waals surface area contributed by atoms with Crippen LogP contribution in [-0.2, 0) is 25.7 Å². The van der Waals surface area contributed by atoms with Crippen LogP contribution in [0.15, 0.2) is 10.8 Å². The van der Waals surface area contributed by atoms with E-state index in [9.17, 15) is 0 Å². The van der Waals surface area contributed by atoms with Gasteiger partial charge in [-0.25, -0.2) is 0 Å². The van der Waals surface area contributed by atoms with Gasteiger partial charge in [0.1, 0.15) is 0 Å². The predicted molar refractivity (Wildman–Crippen MR) is 71.7 cm³/mol. The van der Waals surface area contributed by atoms with E-state index in [1.54, 1.807) is 32.0 Å². The first-order valence-corrected chi connectivity index (χ1v) is 7.88. The minimum Gasteiger partial charge on any atom is -0.142 e. The maximum atomic E-state index is 2.40. The quantitative estimate of drug-likeness (QED) is 0.697. The summed E-state index contributed by atoms with van der Waals surface area (Å²) in [5.74, 6) is 0. The van der Waals surface area contributed by atoms with Crippen molar-refractivity contribution in [3.05, 3.63) is 33.0 Å². The third-order valence-electron chi connectivity index (χ3n) is 3.91. The van der Waals surface area contributed by atoms with Crippen molar-refractivity contribution in [1.82, 2.24) is 0 Å². The first-order chi connectivity index (χ1) is 7.93. The maximum Gasteiger partial charge on any atom is 0.0480 e. The van der Waals surface area contributed by atoms with E-state index in [4.69, 9.17) is 0 Å². The predicted octanol–water partition coefficient (Wildman–Crippen LogP) is 4.45. The summed E-state index contributed by atoms with van der Waals surface area (Å²) in [7, 11) is 0. The second kappa shape index (κ2) is 3.44. The maximum absolute atomic E-state index is 2.40. The molecule has 4 rings (SSSR count). The van der Waals surface area contributed by atoms with Crippen LogP contribution in [0.25, 0.3) is 9.75 Å². The molecule has 0 unspecified atom stereocenters. The Kier molecular flexibility index (Phi) is 2.03. The highest BCUT2D eigenvalue weighted by molar-refractivity contribution is 7.20. The van der Waals surface area contributed by atoms with Crippen molar-refractivity contribution >= 4 is 22.7 Å². The Morgan fingerprint density at radius 1 is 0.688 bits per heavy atom. The van der Waals surface area contributed by atoms with Crippen molar-refractivity contribution in [1.29, 1.82) is 0 Å². The van der Waals surface area contributed by atoms with Crippen LogP contribution in [0.5, 0.6) is 0 Å². The van der Waals surface area contributed by atoms with Crippen LogP contribution in [-0.4, -0.2) is 0 Å². The lowest BCUT2D eigenvalue weighted by Crippen LogP contribution is -1.82. The van der Waals surface area contributed by atoms with Gasteiger partial charge in [0.15, 0.2) is 0 Å². The molecule has 0 nitrogen and oxygen atoms in total. The largest absolute Gasteiger partial charge is 0.142 e. The molecule has 0 spiro atoms. The summed E-state index contributed by atoms with van der Waals surface area (Å²) in [6.07, 6.45) is 8.03. The van der Waals surface area contributed by atoms with E-state index in [0.717, 1.165) is 0 Å². The van der Waals surface area contributed by atoms with E-state index in [1.807, 2.05) is 22.7 Å². The SMILES string of the molecule is c1sc(-c2scc3c2CCC3)c2c1CCC2. The summed E-state index contributed by atoms with van der Waals surface area (Å²) in [6, 6.07) is 0. The molecule has 16 heavy (non-hydrogen) atoms. The fourth-order valence-corrected chi connectivity index (χ4v) is 5.64. The highest BCUT2D eigenvalue weighted by Crippen LogP contribution is 2.45. The molecule has 0 bridgehead atoms. The summed E-state index contributed by atoms with van der Waals surface area (Å²) in [5, 5.41) is 4.80. The Bertz CT molecular complexity index is 495. The molecular formula is C14H14S2. The normalized spacial score (nSPS) is 17.8. The highest BCUT2D eigenvalue weighted by Gasteiger charge is 2.23. The Hall–Kier alpha value is -0.600. The van der Waals surface area contributed by atoms with Crippen LogP contribution in [0.4, 0.5) is 0 Å². The molecule has 2 aromatic rings. The van der Waals surface area contributed by atoms with Gasteiger partial charge in [0.2, 0.25) is 0 Å². The molecule has 2 heteroatoms. The molecular weight excluding hydrogens is 232 g/mol. The van der Waals surface area contributed by atoms with Gasteiger partial charge in [-0.3, -0.25) is 0 Å². The van der Waals surface area contributed by atoms with Crippen molar-refractivity contribution in [2.45, 2.75) is 38.5 Å². The van der Waals surface area contributed by atoms with Gasteiger partial charge >= 0.3 is 0 Å². The minimum absolute atomic E-state index is 1.32. The summed E-state index contributed by atoms with van der Waals surface area (Å²) < 4.78 is 0. The molecule has 0 aliphatic heterocycles. The van der Waals surface area contributed by atoms with Gasteiger partial charge in [-0.05, 0) is 71.5 Å². The van der Waals surface area contributed by atoms with E-state index < -0.39 is 0 Å². The van der Waals surface area contributed by atoms with Gasteiger partial charge in [0, 0.05) is 9.75 Å². The average Bonchev–Trinajstić information content (AvgIpc) is 2.97. The molecule has 82 valence electrons. The van der Waals surface area contributed by atoms with Crippen LogP contribution < -0.4 is 0 Å². The van der Waals surface area contributed by atoms with Gasteiger partial charge in [0.25, 0.3) is 0 Å². The lowest BCUT2D eigenvalue weighted by Gasteiger charge is -2.01. The molecule has 0 saturated carbocycles. The van der Waals surface area contributed by atoms with Gasteiger partial charge in [-0.15, -0.1) is 22.7 Å². The Labute approximate surface area is 104 Å². The third-order valence-corrected chi connectivity index (χ3v) is 6.22. The molecule has 0 amide bonds. The van der Waals surface area contributed by atoms with Crippen molar-refractivity contribution in [2.75, 3.05) is 0 Å². The Balaban J connectivity index is 1.90. The molecule has 2 heterocycles. The van der Waals surface area contributed by atoms with E-state index in [1.165, 1.54) is 38.5 Å². The number of aryl methyl sites for hydroxylation is 2. The molecule has 0 atom stereocenters. The molecule has 0 radical (unpaired) electrons. The number of rotatable bonds is 1. The minimum atomic E-state index is 1.32. The van der Waals surface area contributed by atoms with Crippen molar-refractivity contribution in [2.24, 2.45) is 0 Å². The first kappa shape index (κ1) is 9.43. The molecule has 0 fully saturated rings. The lowest BCUT2D eigenvalue weighted by atomic mass is 10.1. The lowest BCUT2D eigenvalue weighted by molar-refractivity contribution is 0.909. The van der Waals surface area contributed by atoms with Crippen molar-refractivity contribution < 1.29 is 0 Å². The van der Waals surface area contributed by atoms with E-state index in [0.29, 0.717) is 0 Å². The number of hydrogen-bond acceptors (Lipinski definition) is 2. The van der Waals surface area contributed by atoms with Gasteiger partial charge in [0.05, 0.1) is 0 Å². The fourth-order valence-electron chi connectivity index (χ4n) is 3.10. The standard InChI is InChI=1S/C14H14S2/c1-3-9-7-15-13(11(9)5-1)14-12-6-2-4-10(12)8-16-14/h7-8H,1-6H2. The van der Waals surface area contributed by atoms with Crippen LogP contribution in [0.1, 0.15) is 35.1 Å². The molecule has 2 aliphatic rings.